The van der Waals surface area contributed by atoms with Gasteiger partial charge in [-0.25, -0.2) is 4.79 Å². The Balaban J connectivity index is 2.02. The summed E-state index contributed by atoms with van der Waals surface area (Å²) in [5.74, 6) is 0.0955. The molecule has 0 aliphatic heterocycles. The van der Waals surface area contributed by atoms with Crippen LogP contribution in [0.5, 0.6) is 0 Å². The first-order valence-electron chi connectivity index (χ1n) is 7.50. The molecule has 0 spiro atoms. The van der Waals surface area contributed by atoms with Crippen LogP contribution in [0.3, 0.4) is 0 Å². The molecule has 23 heavy (non-hydrogen) atoms. The molecular weight excluding hydrogens is 296 g/mol. The number of carbonyl (C=O) groups is 2. The van der Waals surface area contributed by atoms with Crippen LogP contribution in [0.15, 0.2) is 28.8 Å². The van der Waals surface area contributed by atoms with Crippen LogP contribution in [0.4, 0.5) is 5.69 Å². The molecule has 2 aromatic rings. The van der Waals surface area contributed by atoms with Gasteiger partial charge in [0.2, 0.25) is 5.91 Å². The monoisotopic (exact) mass is 316 g/mol. The number of amides is 1. The standard InChI is InChI=1S/C17H20N2O4/c1-4-22-17(21)14-7-5-6-8-15(14)18-16(20)10-9-13-11(2)19-23-12(13)3/h5-8H,4,9-10H2,1-3H3,(H,18,20). The first kappa shape index (κ1) is 16.7. The Labute approximate surface area is 134 Å². The molecule has 0 bridgehead atoms. The van der Waals surface area contributed by atoms with Crippen molar-refractivity contribution in [1.82, 2.24) is 5.16 Å². The maximum absolute atomic E-state index is 12.1. The summed E-state index contributed by atoms with van der Waals surface area (Å²) in [4.78, 5) is 24.0. The van der Waals surface area contributed by atoms with Gasteiger partial charge in [0.15, 0.2) is 0 Å². The second-order valence-corrected chi connectivity index (χ2v) is 5.12. The second-order valence-electron chi connectivity index (χ2n) is 5.12. The van der Waals surface area contributed by atoms with E-state index >= 15 is 0 Å². The van der Waals surface area contributed by atoms with Crippen molar-refractivity contribution in [3.63, 3.8) is 0 Å². The van der Waals surface area contributed by atoms with Gasteiger partial charge in [-0.05, 0) is 39.3 Å². The Kier molecular flexibility index (Phi) is 5.51. The SMILES string of the molecule is CCOC(=O)c1ccccc1NC(=O)CCc1c(C)noc1C. The lowest BCUT2D eigenvalue weighted by atomic mass is 10.1. The third-order valence-corrected chi connectivity index (χ3v) is 3.48. The molecule has 0 saturated heterocycles. The molecule has 0 saturated carbocycles. The van der Waals surface area contributed by atoms with Crippen LogP contribution in [0.2, 0.25) is 0 Å². The van der Waals surface area contributed by atoms with Gasteiger partial charge in [0.1, 0.15) is 5.76 Å². The van der Waals surface area contributed by atoms with E-state index in [-0.39, 0.29) is 18.9 Å². The van der Waals surface area contributed by atoms with E-state index in [1.54, 1.807) is 31.2 Å². The minimum absolute atomic E-state index is 0.179. The highest BCUT2D eigenvalue weighted by Crippen LogP contribution is 2.18. The third kappa shape index (κ3) is 4.18. The Morgan fingerprint density at radius 2 is 2.00 bits per heavy atom. The summed E-state index contributed by atoms with van der Waals surface area (Å²) >= 11 is 0. The van der Waals surface area contributed by atoms with Crippen molar-refractivity contribution < 1.29 is 18.8 Å². The maximum atomic E-state index is 12.1. The molecule has 122 valence electrons. The number of ether oxygens (including phenoxy) is 1. The van der Waals surface area contributed by atoms with E-state index < -0.39 is 5.97 Å². The second kappa shape index (κ2) is 7.58. The number of anilines is 1. The average Bonchev–Trinajstić information content (AvgIpc) is 2.84. The van der Waals surface area contributed by atoms with Crippen molar-refractivity contribution in [1.29, 1.82) is 0 Å². The maximum Gasteiger partial charge on any atom is 0.340 e. The Hall–Kier alpha value is -2.63. The molecule has 0 aliphatic carbocycles. The Morgan fingerprint density at radius 1 is 1.26 bits per heavy atom. The van der Waals surface area contributed by atoms with E-state index in [2.05, 4.69) is 10.5 Å². The number of nitrogens with one attached hydrogen (secondary N) is 1. The van der Waals surface area contributed by atoms with Gasteiger partial charge < -0.3 is 14.6 Å². The fraction of sp³-hybridized carbons (Fsp3) is 0.353. The lowest BCUT2D eigenvalue weighted by Gasteiger charge is -2.10. The number of aromatic nitrogens is 1. The van der Waals surface area contributed by atoms with Crippen LogP contribution in [0, 0.1) is 13.8 Å². The summed E-state index contributed by atoms with van der Waals surface area (Å²) in [6.07, 6.45) is 0.814. The number of nitrogens with zero attached hydrogens (tertiary/aromatic N) is 1. The highest BCUT2D eigenvalue weighted by molar-refractivity contribution is 6.01. The summed E-state index contributed by atoms with van der Waals surface area (Å²) in [6.45, 7) is 5.69. The van der Waals surface area contributed by atoms with Crippen LogP contribution in [-0.2, 0) is 16.0 Å². The van der Waals surface area contributed by atoms with Gasteiger partial charge in [-0.15, -0.1) is 0 Å². The van der Waals surface area contributed by atoms with Gasteiger partial charge in [0, 0.05) is 12.0 Å². The number of carbonyl (C=O) groups excluding carboxylic acids is 2. The lowest BCUT2D eigenvalue weighted by Crippen LogP contribution is -2.16. The molecular formula is C17H20N2O4. The zero-order chi connectivity index (χ0) is 16.8. The van der Waals surface area contributed by atoms with Gasteiger partial charge in [-0.2, -0.15) is 0 Å². The minimum atomic E-state index is -0.450. The largest absolute Gasteiger partial charge is 0.462 e. The molecule has 0 aliphatic rings. The van der Waals surface area contributed by atoms with E-state index in [4.69, 9.17) is 9.26 Å². The molecule has 1 aromatic heterocycles. The Morgan fingerprint density at radius 3 is 2.65 bits per heavy atom. The summed E-state index contributed by atoms with van der Waals surface area (Å²) < 4.78 is 10.1. The topological polar surface area (TPSA) is 81.4 Å². The van der Waals surface area contributed by atoms with E-state index in [1.807, 2.05) is 13.8 Å². The van der Waals surface area contributed by atoms with Crippen LogP contribution in [-0.4, -0.2) is 23.6 Å². The normalized spacial score (nSPS) is 10.4. The van der Waals surface area contributed by atoms with Crippen LogP contribution in [0.1, 0.15) is 40.7 Å². The predicted octanol–water partition coefficient (Wildman–Crippen LogP) is 3.04. The van der Waals surface area contributed by atoms with E-state index in [1.165, 1.54) is 0 Å². The number of aryl methyl sites for hydroxylation is 2. The lowest BCUT2D eigenvalue weighted by molar-refractivity contribution is -0.116. The molecule has 1 N–H and O–H groups in total. The highest BCUT2D eigenvalue weighted by atomic mass is 16.5. The molecule has 6 heteroatoms. The average molecular weight is 316 g/mol. The number of hydrogen-bond acceptors (Lipinski definition) is 5. The smallest absolute Gasteiger partial charge is 0.340 e. The zero-order valence-electron chi connectivity index (χ0n) is 13.5. The first-order chi connectivity index (χ1) is 11.0. The fourth-order valence-electron chi connectivity index (χ4n) is 2.29. The molecule has 6 nitrogen and oxygen atoms in total. The zero-order valence-corrected chi connectivity index (χ0v) is 13.5. The van der Waals surface area contributed by atoms with Crippen molar-refractivity contribution in [3.8, 4) is 0 Å². The summed E-state index contributed by atoms with van der Waals surface area (Å²) in [5, 5.41) is 6.63. The van der Waals surface area contributed by atoms with Gasteiger partial charge in [-0.1, -0.05) is 17.3 Å². The predicted molar refractivity (Wildman–Crippen MR) is 85.3 cm³/mol. The van der Waals surface area contributed by atoms with Crippen LogP contribution < -0.4 is 5.32 Å². The first-order valence-corrected chi connectivity index (χ1v) is 7.50. The van der Waals surface area contributed by atoms with Gasteiger partial charge >= 0.3 is 5.97 Å². The number of para-hydroxylation sites is 1. The van der Waals surface area contributed by atoms with Gasteiger partial charge in [-0.3, -0.25) is 4.79 Å². The van der Waals surface area contributed by atoms with Gasteiger partial charge in [0.25, 0.3) is 0 Å². The molecule has 1 aromatic carbocycles. The number of hydrogen-bond donors (Lipinski definition) is 1. The fourth-order valence-corrected chi connectivity index (χ4v) is 2.29. The Bertz CT molecular complexity index is 687. The van der Waals surface area contributed by atoms with Crippen molar-refractivity contribution >= 4 is 17.6 Å². The van der Waals surface area contributed by atoms with Crippen molar-refractivity contribution in [3.05, 3.63) is 46.8 Å². The minimum Gasteiger partial charge on any atom is -0.462 e. The summed E-state index contributed by atoms with van der Waals surface area (Å²) in [7, 11) is 0. The van der Waals surface area contributed by atoms with E-state index in [0.29, 0.717) is 17.7 Å². The van der Waals surface area contributed by atoms with Crippen molar-refractivity contribution in [2.45, 2.75) is 33.6 Å². The van der Waals surface area contributed by atoms with Crippen LogP contribution in [0.25, 0.3) is 0 Å². The highest BCUT2D eigenvalue weighted by Gasteiger charge is 2.15. The summed E-state index contributed by atoms with van der Waals surface area (Å²) in [5.41, 5.74) is 2.54. The quantitative estimate of drug-likeness (QED) is 0.828. The molecule has 0 radical (unpaired) electrons. The van der Waals surface area contributed by atoms with Crippen molar-refractivity contribution in [2.24, 2.45) is 0 Å². The molecule has 2 rings (SSSR count). The third-order valence-electron chi connectivity index (χ3n) is 3.48. The number of esters is 1. The van der Waals surface area contributed by atoms with Crippen LogP contribution >= 0.6 is 0 Å². The molecule has 0 unspecified atom stereocenters. The number of benzene rings is 1. The van der Waals surface area contributed by atoms with E-state index in [9.17, 15) is 9.59 Å². The molecule has 0 atom stereocenters. The van der Waals surface area contributed by atoms with Gasteiger partial charge in [0.05, 0.1) is 23.6 Å². The summed E-state index contributed by atoms with van der Waals surface area (Å²) in [6, 6.07) is 6.79. The van der Waals surface area contributed by atoms with E-state index in [0.717, 1.165) is 17.0 Å². The molecule has 1 amide bonds. The van der Waals surface area contributed by atoms with Crippen molar-refractivity contribution in [2.75, 3.05) is 11.9 Å². The number of rotatable bonds is 6. The molecule has 1 heterocycles. The molecule has 0 fully saturated rings.